The van der Waals surface area contributed by atoms with Crippen molar-refractivity contribution in [3.8, 4) is 11.5 Å². The summed E-state index contributed by atoms with van der Waals surface area (Å²) in [5, 5.41) is 2.56. The third-order valence-corrected chi connectivity index (χ3v) is 3.09. The molecule has 9 nitrogen and oxygen atoms in total. The lowest BCUT2D eigenvalue weighted by molar-refractivity contribution is -0.115. The number of benzene rings is 1. The molecule has 0 aliphatic rings. The second-order valence-electron chi connectivity index (χ2n) is 4.63. The number of carbonyl (C=O) groups excluding carboxylic acids is 1. The standard InChI is InChI=1S/C14H18N6O3/c1-22-8-3-4-9(23-2)7(5-8)6-10(21)18-13-11(15)12(16)19-14(17)20-13/h3-5H,6,15H2,1-2H3,(H5,16,17,18,19,20,21). The maximum Gasteiger partial charge on any atom is 0.230 e. The van der Waals surface area contributed by atoms with Crippen LogP contribution in [0, 0.1) is 0 Å². The highest BCUT2D eigenvalue weighted by Crippen LogP contribution is 2.26. The number of methoxy groups -OCH3 is 2. The van der Waals surface area contributed by atoms with Crippen molar-refractivity contribution in [3.05, 3.63) is 23.8 Å². The molecule has 0 aliphatic heterocycles. The second kappa shape index (κ2) is 6.69. The zero-order valence-corrected chi connectivity index (χ0v) is 12.8. The molecule has 1 aromatic carbocycles. The smallest absolute Gasteiger partial charge is 0.230 e. The molecule has 2 aromatic rings. The normalized spacial score (nSPS) is 10.2. The molecule has 9 heteroatoms. The molecule has 122 valence electrons. The molecule has 1 heterocycles. The number of ether oxygens (including phenoxy) is 2. The van der Waals surface area contributed by atoms with Crippen molar-refractivity contribution >= 4 is 29.2 Å². The first-order valence-corrected chi connectivity index (χ1v) is 6.63. The van der Waals surface area contributed by atoms with Gasteiger partial charge in [-0.15, -0.1) is 0 Å². The monoisotopic (exact) mass is 318 g/mol. The van der Waals surface area contributed by atoms with Crippen LogP contribution in [0.4, 0.5) is 23.3 Å². The van der Waals surface area contributed by atoms with Gasteiger partial charge in [0.05, 0.1) is 20.6 Å². The molecular formula is C14H18N6O3. The highest BCUT2D eigenvalue weighted by atomic mass is 16.5. The Kier molecular flexibility index (Phi) is 4.69. The minimum absolute atomic E-state index is 0.00626. The van der Waals surface area contributed by atoms with Crippen LogP contribution >= 0.6 is 0 Å². The quantitative estimate of drug-likeness (QED) is 0.619. The Morgan fingerprint density at radius 2 is 1.91 bits per heavy atom. The van der Waals surface area contributed by atoms with E-state index in [4.69, 9.17) is 26.7 Å². The van der Waals surface area contributed by atoms with Crippen molar-refractivity contribution < 1.29 is 14.3 Å². The van der Waals surface area contributed by atoms with E-state index >= 15 is 0 Å². The van der Waals surface area contributed by atoms with Crippen LogP contribution in [0.5, 0.6) is 11.5 Å². The minimum atomic E-state index is -0.360. The highest BCUT2D eigenvalue weighted by Gasteiger charge is 2.14. The molecule has 0 aliphatic carbocycles. The Morgan fingerprint density at radius 1 is 1.17 bits per heavy atom. The van der Waals surface area contributed by atoms with Crippen LogP contribution in [-0.4, -0.2) is 30.1 Å². The number of nitrogens with two attached hydrogens (primary N) is 3. The van der Waals surface area contributed by atoms with Gasteiger partial charge in [-0.05, 0) is 18.2 Å². The van der Waals surface area contributed by atoms with Crippen molar-refractivity contribution in [2.45, 2.75) is 6.42 Å². The molecule has 23 heavy (non-hydrogen) atoms. The Bertz CT molecular complexity index is 735. The number of nitrogen functional groups attached to an aromatic ring is 3. The first-order valence-electron chi connectivity index (χ1n) is 6.63. The van der Waals surface area contributed by atoms with E-state index in [1.165, 1.54) is 7.11 Å². The highest BCUT2D eigenvalue weighted by molar-refractivity contribution is 5.95. The van der Waals surface area contributed by atoms with Gasteiger partial charge in [0.25, 0.3) is 0 Å². The maximum atomic E-state index is 12.2. The van der Waals surface area contributed by atoms with Crippen LogP contribution in [0.3, 0.4) is 0 Å². The summed E-state index contributed by atoms with van der Waals surface area (Å²) in [6.07, 6.45) is 0.0314. The van der Waals surface area contributed by atoms with Crippen LogP contribution in [0.25, 0.3) is 0 Å². The zero-order valence-electron chi connectivity index (χ0n) is 12.8. The van der Waals surface area contributed by atoms with E-state index in [1.54, 1.807) is 25.3 Å². The Labute approximate surface area is 132 Å². The van der Waals surface area contributed by atoms with Gasteiger partial charge in [0.1, 0.15) is 17.2 Å². The number of amides is 1. The van der Waals surface area contributed by atoms with Crippen LogP contribution in [0.2, 0.25) is 0 Å². The van der Waals surface area contributed by atoms with Crippen LogP contribution < -0.4 is 32.0 Å². The van der Waals surface area contributed by atoms with Gasteiger partial charge in [-0.25, -0.2) is 0 Å². The first-order chi connectivity index (χ1) is 10.9. The van der Waals surface area contributed by atoms with Crippen molar-refractivity contribution in [1.82, 2.24) is 9.97 Å². The number of aromatic nitrogens is 2. The van der Waals surface area contributed by atoms with Crippen molar-refractivity contribution in [2.75, 3.05) is 36.7 Å². The summed E-state index contributed by atoms with van der Waals surface area (Å²) in [5.74, 6) is 0.819. The summed E-state index contributed by atoms with van der Waals surface area (Å²) < 4.78 is 10.4. The largest absolute Gasteiger partial charge is 0.497 e. The molecule has 0 spiro atoms. The molecule has 0 radical (unpaired) electrons. The van der Waals surface area contributed by atoms with Crippen LogP contribution in [0.15, 0.2) is 18.2 Å². The number of carbonyl (C=O) groups is 1. The van der Waals surface area contributed by atoms with Gasteiger partial charge in [0.2, 0.25) is 11.9 Å². The first kappa shape index (κ1) is 16.1. The average molecular weight is 318 g/mol. The molecule has 1 amide bonds. The summed E-state index contributed by atoms with van der Waals surface area (Å²) >= 11 is 0. The summed E-state index contributed by atoms with van der Waals surface area (Å²) in [7, 11) is 3.06. The van der Waals surface area contributed by atoms with Gasteiger partial charge in [-0.2, -0.15) is 9.97 Å². The number of rotatable bonds is 5. The molecule has 0 fully saturated rings. The molecule has 7 N–H and O–H groups in total. The second-order valence-corrected chi connectivity index (χ2v) is 4.63. The molecular weight excluding hydrogens is 300 g/mol. The minimum Gasteiger partial charge on any atom is -0.497 e. The van der Waals surface area contributed by atoms with E-state index in [-0.39, 0.29) is 35.6 Å². The fraction of sp³-hybridized carbons (Fsp3) is 0.214. The van der Waals surface area contributed by atoms with Gasteiger partial charge in [0.15, 0.2) is 11.6 Å². The van der Waals surface area contributed by atoms with Crippen molar-refractivity contribution in [3.63, 3.8) is 0 Å². The molecule has 0 unspecified atom stereocenters. The van der Waals surface area contributed by atoms with Gasteiger partial charge in [0, 0.05) is 5.56 Å². The Hall–Kier alpha value is -3.23. The number of anilines is 4. The van der Waals surface area contributed by atoms with Crippen molar-refractivity contribution in [2.24, 2.45) is 0 Å². The topological polar surface area (TPSA) is 151 Å². The van der Waals surface area contributed by atoms with Crippen molar-refractivity contribution in [1.29, 1.82) is 0 Å². The van der Waals surface area contributed by atoms with E-state index in [2.05, 4.69) is 15.3 Å². The van der Waals surface area contributed by atoms with Gasteiger partial charge >= 0.3 is 0 Å². The zero-order chi connectivity index (χ0) is 17.0. The van der Waals surface area contributed by atoms with Crippen LogP contribution in [-0.2, 0) is 11.2 Å². The molecule has 0 saturated heterocycles. The fourth-order valence-corrected chi connectivity index (χ4v) is 1.97. The summed E-state index contributed by atoms with van der Waals surface area (Å²) in [5.41, 5.74) is 17.5. The summed E-state index contributed by atoms with van der Waals surface area (Å²) in [6, 6.07) is 5.17. The average Bonchev–Trinajstić information content (AvgIpc) is 2.51. The fourth-order valence-electron chi connectivity index (χ4n) is 1.97. The maximum absolute atomic E-state index is 12.2. The molecule has 0 saturated carbocycles. The van der Waals surface area contributed by atoms with Gasteiger partial charge < -0.3 is 32.0 Å². The third kappa shape index (κ3) is 3.70. The lowest BCUT2D eigenvalue weighted by atomic mass is 10.1. The lowest BCUT2D eigenvalue weighted by Gasteiger charge is -2.12. The third-order valence-electron chi connectivity index (χ3n) is 3.09. The van der Waals surface area contributed by atoms with E-state index in [1.807, 2.05) is 0 Å². The predicted molar refractivity (Wildman–Crippen MR) is 87.1 cm³/mol. The predicted octanol–water partition coefficient (Wildman–Crippen LogP) is 0.422. The molecule has 0 bridgehead atoms. The summed E-state index contributed by atoms with van der Waals surface area (Å²) in [6.45, 7) is 0. The number of nitrogens with zero attached hydrogens (tertiary/aromatic N) is 2. The SMILES string of the molecule is COc1ccc(OC)c(CC(=O)Nc2nc(N)nc(N)c2N)c1. The molecule has 1 aromatic heterocycles. The van der Waals surface area contributed by atoms with E-state index in [0.717, 1.165) is 0 Å². The van der Waals surface area contributed by atoms with Gasteiger partial charge in [-0.3, -0.25) is 4.79 Å². The number of nitrogens with one attached hydrogen (secondary N) is 1. The Balaban J connectivity index is 2.20. The lowest BCUT2D eigenvalue weighted by Crippen LogP contribution is -2.18. The van der Waals surface area contributed by atoms with Gasteiger partial charge in [-0.1, -0.05) is 0 Å². The van der Waals surface area contributed by atoms with E-state index < -0.39 is 0 Å². The molecule has 2 rings (SSSR count). The Morgan fingerprint density at radius 3 is 2.57 bits per heavy atom. The molecule has 0 atom stereocenters. The van der Waals surface area contributed by atoms with Crippen LogP contribution in [0.1, 0.15) is 5.56 Å². The number of hydrogen-bond donors (Lipinski definition) is 4. The van der Waals surface area contributed by atoms with E-state index in [9.17, 15) is 4.79 Å². The van der Waals surface area contributed by atoms with E-state index in [0.29, 0.717) is 17.1 Å². The summed E-state index contributed by atoms with van der Waals surface area (Å²) in [4.78, 5) is 19.8. The number of hydrogen-bond acceptors (Lipinski definition) is 8.